The zero-order valence-corrected chi connectivity index (χ0v) is 23.3. The van der Waals surface area contributed by atoms with Gasteiger partial charge in [-0.05, 0) is 50.2 Å². The molecule has 11 heteroatoms. The topological polar surface area (TPSA) is 142 Å². The van der Waals surface area contributed by atoms with Crippen LogP contribution in [0.25, 0.3) is 22.4 Å². The molecule has 3 aromatic rings. The van der Waals surface area contributed by atoms with Gasteiger partial charge in [0.2, 0.25) is 17.0 Å². The number of fused-ring (bicyclic) bond motifs is 1. The van der Waals surface area contributed by atoms with Crippen LogP contribution in [0, 0.1) is 12.8 Å². The Balaban J connectivity index is 1.62. The molecule has 3 N–H and O–H groups in total. The fourth-order valence-corrected chi connectivity index (χ4v) is 5.26. The molecule has 1 amide bonds. The highest BCUT2D eigenvalue weighted by Gasteiger charge is 2.31. The van der Waals surface area contributed by atoms with Gasteiger partial charge >= 0.3 is 5.97 Å². The number of amides is 1. The summed E-state index contributed by atoms with van der Waals surface area (Å²) >= 11 is -2.25. The number of ether oxygens (including phenoxy) is 1. The smallest absolute Gasteiger partial charge is 0.308 e. The highest BCUT2D eigenvalue weighted by atomic mass is 32.2. The monoisotopic (exact) mass is 557 g/mol. The van der Waals surface area contributed by atoms with Crippen LogP contribution < -0.4 is 5.32 Å². The number of aromatic nitrogens is 1. The molecule has 4 rings (SSSR count). The predicted octanol–water partition coefficient (Wildman–Crippen LogP) is 4.50. The third kappa shape index (κ3) is 6.91. The minimum absolute atomic E-state index is 0.126. The molecule has 2 atom stereocenters. The first-order valence-electron chi connectivity index (χ1n) is 13.1. The van der Waals surface area contributed by atoms with Crippen LogP contribution in [-0.2, 0) is 27.3 Å². The molecule has 0 aliphatic heterocycles. The first-order chi connectivity index (χ1) is 18.7. The summed E-state index contributed by atoms with van der Waals surface area (Å²) in [6.45, 7) is 2.54. The fraction of sp³-hybridized carbons (Fsp3) is 0.464. The van der Waals surface area contributed by atoms with Crippen molar-refractivity contribution in [3.8, 4) is 11.3 Å². The van der Waals surface area contributed by atoms with E-state index in [9.17, 15) is 23.5 Å². The van der Waals surface area contributed by atoms with E-state index in [2.05, 4.69) is 5.32 Å². The van der Waals surface area contributed by atoms with E-state index in [4.69, 9.17) is 14.1 Å². The Bertz CT molecular complexity index is 1350. The molecule has 0 radical (unpaired) electrons. The molecule has 2 heterocycles. The van der Waals surface area contributed by atoms with E-state index in [1.54, 1.807) is 7.05 Å². The van der Waals surface area contributed by atoms with Crippen molar-refractivity contribution in [2.75, 3.05) is 27.3 Å². The molecule has 1 fully saturated rings. The Morgan fingerprint density at radius 2 is 1.97 bits per heavy atom. The summed E-state index contributed by atoms with van der Waals surface area (Å²) in [5.41, 5.74) is 4.16. The number of unbranched alkanes of at least 4 members (excludes halogenated alkanes) is 1. The number of carboxylic acid groups (broad SMARTS) is 1. The number of aliphatic carboxylic acids is 1. The van der Waals surface area contributed by atoms with Crippen LogP contribution in [0.2, 0.25) is 0 Å². The normalized spacial score (nSPS) is 15.0. The summed E-state index contributed by atoms with van der Waals surface area (Å²) in [6.07, 6.45) is 3.50. The van der Waals surface area contributed by atoms with Crippen LogP contribution in [0.1, 0.15) is 65.2 Å². The van der Waals surface area contributed by atoms with Gasteiger partial charge in [0.1, 0.15) is 5.76 Å². The van der Waals surface area contributed by atoms with Crippen molar-refractivity contribution < 1.29 is 32.6 Å². The van der Waals surface area contributed by atoms with Crippen LogP contribution in [0.5, 0.6) is 0 Å². The quantitative estimate of drug-likeness (QED) is 0.194. The van der Waals surface area contributed by atoms with Gasteiger partial charge in [-0.3, -0.25) is 14.1 Å². The van der Waals surface area contributed by atoms with Gasteiger partial charge in [0.25, 0.3) is 5.91 Å². The lowest BCUT2D eigenvalue weighted by Crippen LogP contribution is -2.28. The Morgan fingerprint density at radius 1 is 1.26 bits per heavy atom. The van der Waals surface area contributed by atoms with Crippen LogP contribution in [-0.4, -0.2) is 62.3 Å². The lowest BCUT2D eigenvalue weighted by atomic mass is 10.0. The summed E-state index contributed by atoms with van der Waals surface area (Å²) in [5, 5.41) is 12.6. The minimum Gasteiger partial charge on any atom is -0.481 e. The molecule has 1 saturated carbocycles. The summed E-state index contributed by atoms with van der Waals surface area (Å²) < 4.78 is 34.8. The van der Waals surface area contributed by atoms with Crippen LogP contribution in [0.3, 0.4) is 0 Å². The highest BCUT2D eigenvalue weighted by Crippen LogP contribution is 2.44. The average molecular weight is 558 g/mol. The van der Waals surface area contributed by atoms with Gasteiger partial charge < -0.3 is 19.6 Å². The molecule has 10 nitrogen and oxygen atoms in total. The first-order valence-corrected chi connectivity index (χ1v) is 14.1. The molecule has 2 aromatic heterocycles. The van der Waals surface area contributed by atoms with Crippen molar-refractivity contribution in [3.63, 3.8) is 0 Å². The predicted molar refractivity (Wildman–Crippen MR) is 148 cm³/mol. The summed E-state index contributed by atoms with van der Waals surface area (Å²) in [6, 6.07) is 9.66. The van der Waals surface area contributed by atoms with E-state index < -0.39 is 23.2 Å². The van der Waals surface area contributed by atoms with Crippen molar-refractivity contribution >= 4 is 34.2 Å². The summed E-state index contributed by atoms with van der Waals surface area (Å²) in [5.74, 6) is -1.09. The van der Waals surface area contributed by atoms with Crippen molar-refractivity contribution in [1.82, 2.24) is 14.6 Å². The zero-order chi connectivity index (χ0) is 28.1. The minimum atomic E-state index is -2.25. The van der Waals surface area contributed by atoms with Gasteiger partial charge in [-0.2, -0.15) is 4.31 Å². The molecule has 1 unspecified atom stereocenters. The number of methoxy groups -OCH3 is 1. The Morgan fingerprint density at radius 3 is 2.56 bits per heavy atom. The average Bonchev–Trinajstić information content (AvgIpc) is 3.69. The largest absolute Gasteiger partial charge is 0.481 e. The van der Waals surface area contributed by atoms with Crippen LogP contribution in [0.4, 0.5) is 0 Å². The Labute approximate surface area is 230 Å². The van der Waals surface area contributed by atoms with Gasteiger partial charge in [0.15, 0.2) is 0 Å². The molecule has 210 valence electrons. The Kier molecular flexibility index (Phi) is 9.49. The van der Waals surface area contributed by atoms with E-state index in [0.717, 1.165) is 29.5 Å². The number of nitrogens with one attached hydrogen (secondary N) is 1. The zero-order valence-electron chi connectivity index (χ0n) is 22.4. The summed E-state index contributed by atoms with van der Waals surface area (Å²) in [7, 11) is 3.04. The third-order valence-electron chi connectivity index (χ3n) is 7.05. The molecule has 39 heavy (non-hydrogen) atoms. The number of hydrogen-bond acceptors (Lipinski definition) is 6. The van der Waals surface area contributed by atoms with E-state index in [1.807, 2.05) is 37.3 Å². The van der Waals surface area contributed by atoms with Crippen LogP contribution in [0.15, 0.2) is 34.7 Å². The standard InChI is InChI=1S/C28H35N3O7S/c1-17-7-9-19(10-8-17)25-24(26(32)29-2)22-14-21(18-11-12-18)23(30-27(22)38-25)15-31(39(35)36)13-5-4-6-20(16-37-3)28(33)34/h7-10,14,18,20H,4-6,11-13,15-16H2,1-3H3,(H,29,32)(H,33,34)(H,35,36)/t20-/m1/s1. The second-order valence-corrected chi connectivity index (χ2v) is 11.0. The summed E-state index contributed by atoms with van der Waals surface area (Å²) in [4.78, 5) is 29.1. The molecule has 1 aliphatic rings. The molecule has 0 spiro atoms. The Hall–Kier alpha value is -3.12. The van der Waals surface area contributed by atoms with Gasteiger partial charge in [-0.15, -0.1) is 0 Å². The molecule has 0 saturated heterocycles. The SMILES string of the molecule is CNC(=O)c1c(-c2ccc(C)cc2)oc2nc(CN(CCCC[C@H](COC)C(=O)O)S(=O)O)c(C3CC3)cc12. The van der Waals surface area contributed by atoms with Crippen molar-refractivity contribution in [1.29, 1.82) is 0 Å². The molecule has 1 aliphatic carbocycles. The second kappa shape index (κ2) is 12.8. The van der Waals surface area contributed by atoms with Gasteiger partial charge in [-0.1, -0.05) is 36.2 Å². The number of nitrogens with zero attached hydrogens (tertiary/aromatic N) is 2. The van der Waals surface area contributed by atoms with E-state index in [1.165, 1.54) is 11.4 Å². The lowest BCUT2D eigenvalue weighted by Gasteiger charge is -2.19. The number of benzene rings is 1. The molecule has 1 aromatic carbocycles. The number of hydrogen-bond donors (Lipinski definition) is 3. The van der Waals surface area contributed by atoms with E-state index in [-0.39, 0.29) is 25.0 Å². The number of carboxylic acids is 1. The number of carbonyl (C=O) groups excluding carboxylic acids is 1. The maximum atomic E-state index is 13.0. The lowest BCUT2D eigenvalue weighted by molar-refractivity contribution is -0.143. The van der Waals surface area contributed by atoms with Crippen molar-refractivity contribution in [2.45, 2.75) is 51.5 Å². The van der Waals surface area contributed by atoms with Crippen LogP contribution >= 0.6 is 0 Å². The fourth-order valence-electron chi connectivity index (χ4n) is 4.75. The molecular formula is C28H35N3O7S. The number of carbonyl (C=O) groups is 2. The van der Waals surface area contributed by atoms with E-state index >= 15 is 0 Å². The van der Waals surface area contributed by atoms with Gasteiger partial charge in [0.05, 0.1) is 35.7 Å². The van der Waals surface area contributed by atoms with Crippen molar-refractivity contribution in [2.24, 2.45) is 5.92 Å². The number of aryl methyl sites for hydroxylation is 1. The third-order valence-corrected chi connectivity index (χ3v) is 7.81. The van der Waals surface area contributed by atoms with Gasteiger partial charge in [0, 0.05) is 26.3 Å². The second-order valence-electron chi connectivity index (χ2n) is 9.98. The highest BCUT2D eigenvalue weighted by molar-refractivity contribution is 7.76. The van der Waals surface area contributed by atoms with Crippen molar-refractivity contribution in [3.05, 3.63) is 52.7 Å². The maximum absolute atomic E-state index is 13.0. The number of furan rings is 1. The molecular weight excluding hydrogens is 522 g/mol. The number of rotatable bonds is 14. The van der Waals surface area contributed by atoms with E-state index in [0.29, 0.717) is 53.9 Å². The number of pyridine rings is 1. The van der Waals surface area contributed by atoms with Gasteiger partial charge in [-0.25, -0.2) is 9.19 Å². The molecule has 0 bridgehead atoms. The maximum Gasteiger partial charge on any atom is 0.308 e. The first kappa shape index (κ1) is 28.9.